The first-order chi connectivity index (χ1) is 11.7. The number of hydrogen-bond donors (Lipinski definition) is 2. The first kappa shape index (κ1) is 15.8. The van der Waals surface area contributed by atoms with E-state index in [4.69, 9.17) is 4.99 Å². The molecule has 1 atom stereocenters. The SMILES string of the molecule is CC/C(C#N)=C(\C)NC1=NC(c2ccccc2)Nc2ccccc21. The number of fused-ring (bicyclic) bond motifs is 1. The first-order valence-electron chi connectivity index (χ1n) is 8.08. The van der Waals surface area contributed by atoms with Gasteiger partial charge in [0.2, 0.25) is 0 Å². The Bertz CT molecular complexity index is 828. The second-order valence-electron chi connectivity index (χ2n) is 5.67. The van der Waals surface area contributed by atoms with E-state index >= 15 is 0 Å². The van der Waals surface area contributed by atoms with Crippen LogP contribution in [0.4, 0.5) is 5.69 Å². The van der Waals surface area contributed by atoms with Gasteiger partial charge in [0.05, 0.1) is 6.07 Å². The highest BCUT2D eigenvalue weighted by Gasteiger charge is 2.21. The molecule has 0 fully saturated rings. The van der Waals surface area contributed by atoms with Crippen molar-refractivity contribution >= 4 is 11.5 Å². The smallest absolute Gasteiger partial charge is 0.147 e. The van der Waals surface area contributed by atoms with E-state index in [2.05, 4.69) is 28.8 Å². The van der Waals surface area contributed by atoms with E-state index < -0.39 is 0 Å². The summed E-state index contributed by atoms with van der Waals surface area (Å²) in [5.74, 6) is 0.789. The minimum absolute atomic E-state index is 0.149. The van der Waals surface area contributed by atoms with Crippen molar-refractivity contribution in [3.05, 3.63) is 77.0 Å². The van der Waals surface area contributed by atoms with E-state index in [0.29, 0.717) is 6.42 Å². The Morgan fingerprint density at radius 3 is 2.58 bits per heavy atom. The van der Waals surface area contributed by atoms with Crippen LogP contribution in [-0.2, 0) is 0 Å². The highest BCUT2D eigenvalue weighted by molar-refractivity contribution is 6.05. The Balaban J connectivity index is 2.01. The molecule has 120 valence electrons. The monoisotopic (exact) mass is 316 g/mol. The van der Waals surface area contributed by atoms with Gasteiger partial charge in [-0.25, -0.2) is 4.99 Å². The lowest BCUT2D eigenvalue weighted by molar-refractivity contribution is 0.814. The molecule has 1 aliphatic rings. The predicted octanol–water partition coefficient (Wildman–Crippen LogP) is 4.35. The van der Waals surface area contributed by atoms with Gasteiger partial charge in [-0.05, 0) is 31.0 Å². The molecule has 24 heavy (non-hydrogen) atoms. The summed E-state index contributed by atoms with van der Waals surface area (Å²) in [4.78, 5) is 4.84. The fraction of sp³-hybridized carbons (Fsp3) is 0.200. The van der Waals surface area contributed by atoms with Crippen molar-refractivity contribution in [2.75, 3.05) is 5.32 Å². The van der Waals surface area contributed by atoms with Crippen LogP contribution in [0.1, 0.15) is 37.6 Å². The van der Waals surface area contributed by atoms with E-state index in [1.54, 1.807) is 0 Å². The number of nitrogens with one attached hydrogen (secondary N) is 2. The molecule has 4 nitrogen and oxygen atoms in total. The number of nitrogens with zero attached hydrogens (tertiary/aromatic N) is 2. The van der Waals surface area contributed by atoms with Gasteiger partial charge in [0.15, 0.2) is 0 Å². The summed E-state index contributed by atoms with van der Waals surface area (Å²) in [5, 5.41) is 16.1. The van der Waals surface area contributed by atoms with E-state index in [-0.39, 0.29) is 6.17 Å². The summed E-state index contributed by atoms with van der Waals surface area (Å²) in [6, 6.07) is 20.5. The summed E-state index contributed by atoms with van der Waals surface area (Å²) in [5.41, 5.74) is 4.74. The summed E-state index contributed by atoms with van der Waals surface area (Å²) in [6.07, 6.45) is 0.550. The molecule has 0 saturated heterocycles. The van der Waals surface area contributed by atoms with Crippen molar-refractivity contribution < 1.29 is 0 Å². The van der Waals surface area contributed by atoms with Gasteiger partial charge < -0.3 is 10.6 Å². The highest BCUT2D eigenvalue weighted by Crippen LogP contribution is 2.29. The van der Waals surface area contributed by atoms with Gasteiger partial charge in [-0.2, -0.15) is 5.26 Å². The van der Waals surface area contributed by atoms with E-state index in [9.17, 15) is 5.26 Å². The molecule has 1 heterocycles. The number of para-hydroxylation sites is 1. The lowest BCUT2D eigenvalue weighted by Gasteiger charge is -2.26. The first-order valence-corrected chi connectivity index (χ1v) is 8.08. The van der Waals surface area contributed by atoms with Crippen LogP contribution >= 0.6 is 0 Å². The van der Waals surface area contributed by atoms with Crippen LogP contribution < -0.4 is 10.6 Å². The summed E-state index contributed by atoms with van der Waals surface area (Å²) >= 11 is 0. The number of aliphatic imine (C=N–C) groups is 1. The molecule has 1 aliphatic heterocycles. The predicted molar refractivity (Wildman–Crippen MR) is 97.5 cm³/mol. The van der Waals surface area contributed by atoms with Gasteiger partial charge >= 0.3 is 0 Å². The molecule has 0 saturated carbocycles. The molecule has 0 aromatic heterocycles. The van der Waals surface area contributed by atoms with Crippen LogP contribution in [0.5, 0.6) is 0 Å². The third-order valence-corrected chi connectivity index (χ3v) is 4.09. The quantitative estimate of drug-likeness (QED) is 0.827. The molecule has 0 spiro atoms. The number of anilines is 1. The van der Waals surface area contributed by atoms with E-state index in [1.165, 1.54) is 0 Å². The van der Waals surface area contributed by atoms with Gasteiger partial charge in [0, 0.05) is 22.5 Å². The zero-order chi connectivity index (χ0) is 16.9. The third kappa shape index (κ3) is 3.16. The Morgan fingerprint density at radius 2 is 1.88 bits per heavy atom. The number of allylic oxidation sites excluding steroid dienone is 2. The maximum atomic E-state index is 9.25. The van der Waals surface area contributed by atoms with E-state index in [1.807, 2.05) is 56.3 Å². The zero-order valence-electron chi connectivity index (χ0n) is 13.9. The van der Waals surface area contributed by atoms with E-state index in [0.717, 1.165) is 33.9 Å². The van der Waals surface area contributed by atoms with Crippen molar-refractivity contribution in [1.82, 2.24) is 5.32 Å². The Labute approximate surface area is 142 Å². The summed E-state index contributed by atoms with van der Waals surface area (Å²) in [6.45, 7) is 3.90. The van der Waals surface area contributed by atoms with Crippen molar-refractivity contribution in [2.45, 2.75) is 26.4 Å². The molecule has 0 radical (unpaired) electrons. The zero-order valence-corrected chi connectivity index (χ0v) is 13.9. The fourth-order valence-electron chi connectivity index (χ4n) is 2.77. The van der Waals surface area contributed by atoms with Crippen molar-refractivity contribution in [1.29, 1.82) is 5.26 Å². The summed E-state index contributed by atoms with van der Waals surface area (Å²) < 4.78 is 0. The Morgan fingerprint density at radius 1 is 1.17 bits per heavy atom. The molecule has 3 rings (SSSR count). The number of rotatable bonds is 3. The molecule has 1 unspecified atom stereocenters. The molecule has 0 aliphatic carbocycles. The van der Waals surface area contributed by atoms with Gasteiger partial charge in [-0.3, -0.25) is 0 Å². The standard InChI is InChI=1S/C20H20N4/c1-3-15(13-21)14(2)22-20-17-11-7-8-12-18(17)23-19(24-20)16-9-5-4-6-10-16/h4-12,19,23H,3H2,1-2H3,(H,22,24)/b15-14-. The molecule has 2 aromatic carbocycles. The fourth-order valence-corrected chi connectivity index (χ4v) is 2.77. The largest absolute Gasteiger partial charge is 0.359 e. The highest BCUT2D eigenvalue weighted by atomic mass is 15.2. The van der Waals surface area contributed by atoms with Crippen molar-refractivity contribution in [2.24, 2.45) is 4.99 Å². The van der Waals surface area contributed by atoms with Gasteiger partial charge in [-0.1, -0.05) is 49.4 Å². The number of benzene rings is 2. The average molecular weight is 316 g/mol. The number of amidine groups is 1. The van der Waals surface area contributed by atoms with Gasteiger partial charge in [0.1, 0.15) is 12.0 Å². The topological polar surface area (TPSA) is 60.2 Å². The minimum atomic E-state index is -0.149. The van der Waals surface area contributed by atoms with Crippen LogP contribution in [0.2, 0.25) is 0 Å². The van der Waals surface area contributed by atoms with Crippen LogP contribution in [0.25, 0.3) is 0 Å². The molecule has 0 amide bonds. The Kier molecular flexibility index (Phi) is 4.62. The Hall–Kier alpha value is -3.06. The molecule has 2 N–H and O–H groups in total. The van der Waals surface area contributed by atoms with Crippen LogP contribution in [0.15, 0.2) is 70.9 Å². The molecule has 0 bridgehead atoms. The maximum absolute atomic E-state index is 9.25. The van der Waals surface area contributed by atoms with Crippen molar-refractivity contribution in [3.8, 4) is 6.07 Å². The number of hydrogen-bond acceptors (Lipinski definition) is 4. The van der Waals surface area contributed by atoms with Gasteiger partial charge in [0.25, 0.3) is 0 Å². The lowest BCUT2D eigenvalue weighted by Crippen LogP contribution is -2.30. The molecule has 2 aromatic rings. The molecular weight excluding hydrogens is 296 g/mol. The molecular formula is C20H20N4. The van der Waals surface area contributed by atoms with Crippen LogP contribution in [0.3, 0.4) is 0 Å². The minimum Gasteiger partial charge on any atom is -0.359 e. The average Bonchev–Trinajstić information content (AvgIpc) is 2.63. The third-order valence-electron chi connectivity index (χ3n) is 4.09. The second-order valence-corrected chi connectivity index (χ2v) is 5.67. The maximum Gasteiger partial charge on any atom is 0.147 e. The summed E-state index contributed by atoms with van der Waals surface area (Å²) in [7, 11) is 0. The lowest BCUT2D eigenvalue weighted by atomic mass is 10.1. The molecule has 4 heteroatoms. The van der Waals surface area contributed by atoms with Crippen LogP contribution in [0, 0.1) is 11.3 Å². The second kappa shape index (κ2) is 7.01. The van der Waals surface area contributed by atoms with Gasteiger partial charge in [-0.15, -0.1) is 0 Å². The van der Waals surface area contributed by atoms with Crippen LogP contribution in [-0.4, -0.2) is 5.84 Å². The van der Waals surface area contributed by atoms with Crippen molar-refractivity contribution in [3.63, 3.8) is 0 Å². The number of nitriles is 1. The normalized spacial score (nSPS) is 16.9.